The van der Waals surface area contributed by atoms with Gasteiger partial charge in [-0.2, -0.15) is 13.2 Å². The standard InChI is InChI=1S/C17H14F3N5O2/c1-9-7-13(23-16(21-9)24-14-8-10(2)27-25-14)15(26)22-12-5-3-11(4-6-12)17(18,19)20/h3-8H,1-2H3,(H,22,26)(H,21,23,24,25). The van der Waals surface area contributed by atoms with Gasteiger partial charge < -0.3 is 15.2 Å². The zero-order valence-corrected chi connectivity index (χ0v) is 14.3. The molecule has 0 aliphatic carbocycles. The molecule has 10 heteroatoms. The Bertz CT molecular complexity index is 967. The lowest BCUT2D eigenvalue weighted by Crippen LogP contribution is -2.16. The number of carbonyl (C=O) groups excluding carboxylic acids is 1. The molecular weight excluding hydrogens is 363 g/mol. The summed E-state index contributed by atoms with van der Waals surface area (Å²) >= 11 is 0. The maximum atomic E-state index is 12.6. The molecule has 0 aliphatic heterocycles. The summed E-state index contributed by atoms with van der Waals surface area (Å²) in [6, 6.07) is 7.21. The molecule has 0 unspecified atom stereocenters. The Balaban J connectivity index is 1.76. The summed E-state index contributed by atoms with van der Waals surface area (Å²) in [5, 5.41) is 9.07. The van der Waals surface area contributed by atoms with Gasteiger partial charge in [0.2, 0.25) is 5.95 Å². The van der Waals surface area contributed by atoms with Crippen LogP contribution in [0.4, 0.5) is 30.6 Å². The number of alkyl halides is 3. The molecule has 3 aromatic rings. The second-order valence-electron chi connectivity index (χ2n) is 5.70. The first kappa shape index (κ1) is 18.4. The Morgan fingerprint density at radius 2 is 1.78 bits per heavy atom. The first-order valence-electron chi connectivity index (χ1n) is 7.75. The molecule has 3 rings (SSSR count). The minimum Gasteiger partial charge on any atom is -0.360 e. The van der Waals surface area contributed by atoms with Gasteiger partial charge in [0, 0.05) is 17.4 Å². The first-order valence-corrected chi connectivity index (χ1v) is 7.75. The minimum absolute atomic E-state index is 0.0464. The van der Waals surface area contributed by atoms with E-state index < -0.39 is 17.6 Å². The number of aromatic nitrogens is 3. The van der Waals surface area contributed by atoms with Crippen LogP contribution in [-0.4, -0.2) is 21.0 Å². The summed E-state index contributed by atoms with van der Waals surface area (Å²) in [5.41, 5.74) is -0.0194. The van der Waals surface area contributed by atoms with Gasteiger partial charge >= 0.3 is 6.18 Å². The smallest absolute Gasteiger partial charge is 0.360 e. The van der Waals surface area contributed by atoms with Crippen molar-refractivity contribution in [2.45, 2.75) is 20.0 Å². The quantitative estimate of drug-likeness (QED) is 0.711. The Hall–Kier alpha value is -3.43. The van der Waals surface area contributed by atoms with Crippen LogP contribution in [-0.2, 0) is 6.18 Å². The van der Waals surface area contributed by atoms with E-state index in [0.717, 1.165) is 12.1 Å². The number of nitrogens with one attached hydrogen (secondary N) is 2. The van der Waals surface area contributed by atoms with Crippen LogP contribution in [0, 0.1) is 13.8 Å². The topological polar surface area (TPSA) is 92.9 Å². The van der Waals surface area contributed by atoms with Crippen molar-refractivity contribution in [1.82, 2.24) is 15.1 Å². The maximum absolute atomic E-state index is 12.6. The predicted molar refractivity (Wildman–Crippen MR) is 90.7 cm³/mol. The fourth-order valence-corrected chi connectivity index (χ4v) is 2.22. The van der Waals surface area contributed by atoms with Crippen molar-refractivity contribution in [3.63, 3.8) is 0 Å². The molecule has 0 fully saturated rings. The van der Waals surface area contributed by atoms with Gasteiger partial charge in [-0.3, -0.25) is 4.79 Å². The van der Waals surface area contributed by atoms with E-state index in [0.29, 0.717) is 17.3 Å². The highest BCUT2D eigenvalue weighted by molar-refractivity contribution is 6.03. The van der Waals surface area contributed by atoms with Crippen LogP contribution in [0.15, 0.2) is 40.9 Å². The summed E-state index contributed by atoms with van der Waals surface area (Å²) < 4.78 is 42.7. The monoisotopic (exact) mass is 377 g/mol. The van der Waals surface area contributed by atoms with Crippen LogP contribution in [0.2, 0.25) is 0 Å². The van der Waals surface area contributed by atoms with Gasteiger partial charge in [0.25, 0.3) is 5.91 Å². The van der Waals surface area contributed by atoms with Gasteiger partial charge in [-0.1, -0.05) is 5.16 Å². The van der Waals surface area contributed by atoms with Gasteiger partial charge in [0.1, 0.15) is 11.5 Å². The van der Waals surface area contributed by atoms with Gasteiger partial charge in [-0.25, -0.2) is 9.97 Å². The fraction of sp³-hybridized carbons (Fsp3) is 0.176. The Kier molecular flexibility index (Phi) is 4.80. The Labute approximate surface area is 151 Å². The largest absolute Gasteiger partial charge is 0.416 e. The molecule has 0 bridgehead atoms. The van der Waals surface area contributed by atoms with Crippen molar-refractivity contribution in [1.29, 1.82) is 0 Å². The third-order valence-electron chi connectivity index (χ3n) is 3.42. The minimum atomic E-state index is -4.44. The van der Waals surface area contributed by atoms with E-state index in [4.69, 9.17) is 4.52 Å². The lowest BCUT2D eigenvalue weighted by atomic mass is 10.2. The average Bonchev–Trinajstić information content (AvgIpc) is 2.99. The van der Waals surface area contributed by atoms with Crippen LogP contribution < -0.4 is 10.6 Å². The van der Waals surface area contributed by atoms with E-state index in [2.05, 4.69) is 25.8 Å². The summed E-state index contributed by atoms with van der Waals surface area (Å²) in [5.74, 6) is 0.526. The molecule has 27 heavy (non-hydrogen) atoms. The maximum Gasteiger partial charge on any atom is 0.416 e. The molecule has 0 aliphatic rings. The summed E-state index contributed by atoms with van der Waals surface area (Å²) in [7, 11) is 0. The number of halogens is 3. The second kappa shape index (κ2) is 7.06. The van der Waals surface area contributed by atoms with E-state index in [1.807, 2.05) is 0 Å². The van der Waals surface area contributed by atoms with Crippen molar-refractivity contribution in [2.75, 3.05) is 10.6 Å². The highest BCUT2D eigenvalue weighted by atomic mass is 19.4. The second-order valence-corrected chi connectivity index (χ2v) is 5.70. The number of hydrogen-bond donors (Lipinski definition) is 2. The summed E-state index contributed by atoms with van der Waals surface area (Å²) in [4.78, 5) is 20.6. The highest BCUT2D eigenvalue weighted by Crippen LogP contribution is 2.29. The van der Waals surface area contributed by atoms with Crippen molar-refractivity contribution in [2.24, 2.45) is 0 Å². The van der Waals surface area contributed by atoms with Crippen LogP contribution >= 0.6 is 0 Å². The van der Waals surface area contributed by atoms with Gasteiger partial charge in [-0.05, 0) is 44.2 Å². The van der Waals surface area contributed by atoms with Crippen LogP contribution in [0.25, 0.3) is 0 Å². The van der Waals surface area contributed by atoms with Crippen LogP contribution in [0.1, 0.15) is 27.5 Å². The molecule has 0 atom stereocenters. The average molecular weight is 377 g/mol. The summed E-state index contributed by atoms with van der Waals surface area (Å²) in [6.07, 6.45) is -4.44. The number of anilines is 3. The van der Waals surface area contributed by atoms with Gasteiger partial charge in [-0.15, -0.1) is 0 Å². The van der Waals surface area contributed by atoms with E-state index in [-0.39, 0.29) is 17.3 Å². The Morgan fingerprint density at radius 3 is 2.37 bits per heavy atom. The SMILES string of the molecule is Cc1cc(C(=O)Nc2ccc(C(F)(F)F)cc2)nc(Nc2cc(C)on2)n1. The number of amides is 1. The van der Waals surface area contributed by atoms with Crippen LogP contribution in [0.3, 0.4) is 0 Å². The van der Waals surface area contributed by atoms with E-state index >= 15 is 0 Å². The third-order valence-corrected chi connectivity index (χ3v) is 3.42. The molecule has 1 amide bonds. The molecule has 0 saturated carbocycles. The number of carbonyl (C=O) groups is 1. The lowest BCUT2D eigenvalue weighted by Gasteiger charge is -2.09. The summed E-state index contributed by atoms with van der Waals surface area (Å²) in [6.45, 7) is 3.40. The van der Waals surface area contributed by atoms with E-state index in [1.165, 1.54) is 18.2 Å². The van der Waals surface area contributed by atoms with Crippen molar-refractivity contribution in [3.05, 3.63) is 59.1 Å². The fourth-order valence-electron chi connectivity index (χ4n) is 2.22. The molecule has 2 N–H and O–H groups in total. The molecule has 140 valence electrons. The zero-order chi connectivity index (χ0) is 19.6. The predicted octanol–water partition coefficient (Wildman–Crippen LogP) is 4.10. The van der Waals surface area contributed by atoms with Crippen molar-refractivity contribution in [3.8, 4) is 0 Å². The van der Waals surface area contributed by atoms with Crippen molar-refractivity contribution >= 4 is 23.4 Å². The molecule has 0 saturated heterocycles. The number of aryl methyl sites for hydroxylation is 2. The van der Waals surface area contributed by atoms with Crippen LogP contribution in [0.5, 0.6) is 0 Å². The van der Waals surface area contributed by atoms with Gasteiger partial charge in [0.15, 0.2) is 5.82 Å². The number of rotatable bonds is 4. The molecule has 0 radical (unpaired) electrons. The van der Waals surface area contributed by atoms with Crippen molar-refractivity contribution < 1.29 is 22.5 Å². The molecule has 2 aromatic heterocycles. The first-order chi connectivity index (χ1) is 12.7. The number of benzene rings is 1. The van der Waals surface area contributed by atoms with E-state index in [1.54, 1.807) is 19.9 Å². The molecule has 2 heterocycles. The third kappa shape index (κ3) is 4.60. The lowest BCUT2D eigenvalue weighted by molar-refractivity contribution is -0.137. The molecular formula is C17H14F3N5O2. The van der Waals surface area contributed by atoms with Gasteiger partial charge in [0.05, 0.1) is 5.56 Å². The van der Waals surface area contributed by atoms with E-state index in [9.17, 15) is 18.0 Å². The molecule has 1 aromatic carbocycles. The number of nitrogens with zero attached hydrogens (tertiary/aromatic N) is 3. The Morgan fingerprint density at radius 1 is 1.07 bits per heavy atom. The molecule has 0 spiro atoms. The normalized spacial score (nSPS) is 11.3. The highest BCUT2D eigenvalue weighted by Gasteiger charge is 2.30. The molecule has 7 nitrogen and oxygen atoms in total. The zero-order valence-electron chi connectivity index (χ0n) is 14.3. The number of hydrogen-bond acceptors (Lipinski definition) is 6.